The molecule has 0 radical (unpaired) electrons. The van der Waals surface area contributed by atoms with Crippen LogP contribution in [-0.2, 0) is 0 Å². The Labute approximate surface area is 113 Å². The zero-order valence-corrected chi connectivity index (χ0v) is 11.4. The maximum Gasteiger partial charge on any atom is 0.165 e. The second-order valence-corrected chi connectivity index (χ2v) is 4.73. The Kier molecular flexibility index (Phi) is 3.86. The first-order chi connectivity index (χ1) is 9.02. The molecule has 0 fully saturated rings. The normalized spacial score (nSPS) is 12.3. The van der Waals surface area contributed by atoms with Crippen LogP contribution in [0.1, 0.15) is 28.3 Å². The highest BCUT2D eigenvalue weighted by Gasteiger charge is 2.14. The van der Waals surface area contributed by atoms with E-state index in [1.165, 1.54) is 18.7 Å². The molecule has 1 unspecified atom stereocenters. The van der Waals surface area contributed by atoms with E-state index in [1.807, 2.05) is 26.0 Å². The van der Waals surface area contributed by atoms with Gasteiger partial charge in [-0.05, 0) is 42.7 Å². The maximum atomic E-state index is 13.4. The molecule has 0 aliphatic carbocycles. The van der Waals surface area contributed by atoms with Gasteiger partial charge in [0.05, 0.1) is 13.2 Å². The lowest BCUT2D eigenvalue weighted by Crippen LogP contribution is -2.13. The van der Waals surface area contributed by atoms with Crippen LogP contribution in [0.5, 0.6) is 5.75 Å². The molecule has 1 atom stereocenters. The predicted molar refractivity (Wildman–Crippen MR) is 74.9 cm³/mol. The van der Waals surface area contributed by atoms with Crippen molar-refractivity contribution in [2.75, 3.05) is 7.11 Å². The number of methoxy groups -OCH3 is 1. The molecule has 0 amide bonds. The van der Waals surface area contributed by atoms with E-state index in [0.29, 0.717) is 0 Å². The lowest BCUT2D eigenvalue weighted by Gasteiger charge is -2.16. The molecule has 2 aromatic rings. The fourth-order valence-corrected chi connectivity index (χ4v) is 2.22. The monoisotopic (exact) mass is 259 g/mol. The van der Waals surface area contributed by atoms with E-state index < -0.39 is 0 Å². The summed E-state index contributed by atoms with van der Waals surface area (Å²) >= 11 is 0. The Balaban J connectivity index is 2.40. The Bertz CT molecular complexity index is 595. The van der Waals surface area contributed by atoms with Crippen LogP contribution in [0.4, 0.5) is 4.39 Å². The van der Waals surface area contributed by atoms with E-state index in [4.69, 9.17) is 10.5 Å². The van der Waals surface area contributed by atoms with E-state index in [9.17, 15) is 4.39 Å². The SMILES string of the molecule is COc1cc(C(N)c2ccc(C)cc2C)ccc1F. The molecule has 2 nitrogen and oxygen atoms in total. The molecular formula is C16H18FNO. The number of nitrogens with two attached hydrogens (primary N) is 1. The first-order valence-corrected chi connectivity index (χ1v) is 6.19. The van der Waals surface area contributed by atoms with Crippen molar-refractivity contribution >= 4 is 0 Å². The summed E-state index contributed by atoms with van der Waals surface area (Å²) in [7, 11) is 1.45. The van der Waals surface area contributed by atoms with Gasteiger partial charge in [-0.15, -0.1) is 0 Å². The molecule has 2 rings (SSSR count). The van der Waals surface area contributed by atoms with Crippen molar-refractivity contribution in [2.45, 2.75) is 19.9 Å². The van der Waals surface area contributed by atoms with Crippen LogP contribution < -0.4 is 10.5 Å². The molecule has 0 aliphatic rings. The van der Waals surface area contributed by atoms with Gasteiger partial charge < -0.3 is 10.5 Å². The molecule has 0 spiro atoms. The molecule has 0 bridgehead atoms. The number of rotatable bonds is 3. The number of hydrogen-bond donors (Lipinski definition) is 1. The lowest BCUT2D eigenvalue weighted by molar-refractivity contribution is 0.385. The van der Waals surface area contributed by atoms with Gasteiger partial charge in [-0.2, -0.15) is 0 Å². The van der Waals surface area contributed by atoms with Gasteiger partial charge in [-0.1, -0.05) is 29.8 Å². The molecule has 0 aliphatic heterocycles. The third kappa shape index (κ3) is 2.76. The van der Waals surface area contributed by atoms with Crippen LogP contribution >= 0.6 is 0 Å². The minimum absolute atomic E-state index is 0.220. The largest absolute Gasteiger partial charge is 0.494 e. The second kappa shape index (κ2) is 5.41. The molecule has 2 N–H and O–H groups in total. The fraction of sp³-hybridized carbons (Fsp3) is 0.250. The Morgan fingerprint density at radius 3 is 2.47 bits per heavy atom. The van der Waals surface area contributed by atoms with Crippen LogP contribution in [-0.4, -0.2) is 7.11 Å². The third-order valence-electron chi connectivity index (χ3n) is 3.29. The molecule has 19 heavy (non-hydrogen) atoms. The molecule has 0 heterocycles. The van der Waals surface area contributed by atoms with Crippen molar-refractivity contribution in [3.8, 4) is 5.75 Å². The highest BCUT2D eigenvalue weighted by molar-refractivity contribution is 5.41. The summed E-state index contributed by atoms with van der Waals surface area (Å²) in [6.45, 7) is 4.08. The Hall–Kier alpha value is -1.87. The quantitative estimate of drug-likeness (QED) is 0.915. The van der Waals surface area contributed by atoms with Crippen LogP contribution in [0.25, 0.3) is 0 Å². The van der Waals surface area contributed by atoms with Crippen LogP contribution in [0, 0.1) is 19.7 Å². The third-order valence-corrected chi connectivity index (χ3v) is 3.29. The average molecular weight is 259 g/mol. The summed E-state index contributed by atoms with van der Waals surface area (Å²) in [6, 6.07) is 10.6. The zero-order chi connectivity index (χ0) is 14.0. The number of hydrogen-bond acceptors (Lipinski definition) is 2. The van der Waals surface area contributed by atoms with Gasteiger partial charge in [0.2, 0.25) is 0 Å². The van der Waals surface area contributed by atoms with Gasteiger partial charge in [-0.3, -0.25) is 0 Å². The first kappa shape index (κ1) is 13.6. The Morgan fingerprint density at radius 1 is 1.11 bits per heavy atom. The minimum Gasteiger partial charge on any atom is -0.494 e. The van der Waals surface area contributed by atoms with Gasteiger partial charge in [0.1, 0.15) is 0 Å². The highest BCUT2D eigenvalue weighted by Crippen LogP contribution is 2.27. The number of aryl methyl sites for hydroxylation is 2. The van der Waals surface area contributed by atoms with Gasteiger partial charge in [0.25, 0.3) is 0 Å². The number of halogens is 1. The van der Waals surface area contributed by atoms with E-state index >= 15 is 0 Å². The summed E-state index contributed by atoms with van der Waals surface area (Å²) in [5, 5.41) is 0. The van der Waals surface area contributed by atoms with E-state index in [1.54, 1.807) is 12.1 Å². The molecule has 0 saturated carbocycles. The lowest BCUT2D eigenvalue weighted by atomic mass is 9.94. The summed E-state index contributed by atoms with van der Waals surface area (Å²) in [5.41, 5.74) is 10.5. The summed E-state index contributed by atoms with van der Waals surface area (Å²) in [6.07, 6.45) is 0. The smallest absolute Gasteiger partial charge is 0.165 e. The Morgan fingerprint density at radius 2 is 1.84 bits per heavy atom. The molecule has 3 heteroatoms. The van der Waals surface area contributed by atoms with Crippen molar-refractivity contribution in [3.05, 3.63) is 64.5 Å². The molecule has 0 saturated heterocycles. The van der Waals surface area contributed by atoms with Gasteiger partial charge in [0, 0.05) is 0 Å². The summed E-state index contributed by atoms with van der Waals surface area (Å²) in [4.78, 5) is 0. The predicted octanol–water partition coefficient (Wildman–Crippen LogP) is 3.50. The van der Waals surface area contributed by atoms with Gasteiger partial charge in [-0.25, -0.2) is 4.39 Å². The van der Waals surface area contributed by atoms with Crippen molar-refractivity contribution in [2.24, 2.45) is 5.73 Å². The van der Waals surface area contributed by atoms with E-state index in [2.05, 4.69) is 6.07 Å². The summed E-state index contributed by atoms with van der Waals surface area (Å²) < 4.78 is 18.4. The van der Waals surface area contributed by atoms with Crippen LogP contribution in [0.15, 0.2) is 36.4 Å². The topological polar surface area (TPSA) is 35.2 Å². The second-order valence-electron chi connectivity index (χ2n) is 4.73. The number of ether oxygens (including phenoxy) is 1. The van der Waals surface area contributed by atoms with Crippen molar-refractivity contribution in [1.82, 2.24) is 0 Å². The van der Waals surface area contributed by atoms with Crippen LogP contribution in [0.2, 0.25) is 0 Å². The zero-order valence-electron chi connectivity index (χ0n) is 11.4. The average Bonchev–Trinajstić information content (AvgIpc) is 2.38. The van der Waals surface area contributed by atoms with Crippen molar-refractivity contribution in [3.63, 3.8) is 0 Å². The first-order valence-electron chi connectivity index (χ1n) is 6.19. The number of benzene rings is 2. The minimum atomic E-state index is -0.376. The van der Waals surface area contributed by atoms with E-state index in [0.717, 1.165) is 16.7 Å². The molecule has 0 aromatic heterocycles. The van der Waals surface area contributed by atoms with Gasteiger partial charge >= 0.3 is 0 Å². The van der Waals surface area contributed by atoms with Crippen molar-refractivity contribution in [1.29, 1.82) is 0 Å². The van der Waals surface area contributed by atoms with Gasteiger partial charge in [0.15, 0.2) is 11.6 Å². The molecule has 100 valence electrons. The molecule has 2 aromatic carbocycles. The van der Waals surface area contributed by atoms with Crippen molar-refractivity contribution < 1.29 is 9.13 Å². The highest BCUT2D eigenvalue weighted by atomic mass is 19.1. The van der Waals surface area contributed by atoms with Crippen LogP contribution in [0.3, 0.4) is 0 Å². The fourth-order valence-electron chi connectivity index (χ4n) is 2.22. The van der Waals surface area contributed by atoms with E-state index in [-0.39, 0.29) is 17.6 Å². The summed E-state index contributed by atoms with van der Waals surface area (Å²) in [5.74, 6) is -0.156. The standard InChI is InChI=1S/C16H18FNO/c1-10-4-6-13(11(2)8-10)16(18)12-5-7-14(17)15(9-12)19-3/h4-9,16H,18H2,1-3H3. The maximum absolute atomic E-state index is 13.4. The molecular weight excluding hydrogens is 241 g/mol.